The number of anilines is 1. The van der Waals surface area contributed by atoms with Gasteiger partial charge in [0.05, 0.1) is 0 Å². The van der Waals surface area contributed by atoms with Crippen molar-refractivity contribution in [1.82, 2.24) is 9.55 Å². The van der Waals surface area contributed by atoms with Crippen molar-refractivity contribution < 1.29 is 8.78 Å². The number of piperidine rings is 1. The third-order valence-corrected chi connectivity index (χ3v) is 3.19. The minimum atomic E-state index is -2.26. The lowest BCUT2D eigenvalue weighted by molar-refractivity contribution is 0.0635. The zero-order chi connectivity index (χ0) is 12.4. The molecule has 0 saturated carbocycles. The van der Waals surface area contributed by atoms with E-state index >= 15 is 0 Å². The Bertz CT molecular complexity index is 439. The first kappa shape index (κ1) is 12.0. The number of alkyl halides is 2. The molecule has 6 heteroatoms. The molecule has 1 aromatic heterocycles. The van der Waals surface area contributed by atoms with Crippen molar-refractivity contribution in [1.29, 1.82) is 0 Å². The number of hydrogen-bond donors (Lipinski definition) is 0. The molecule has 1 aliphatic heterocycles. The molecule has 2 heterocycles. The third kappa shape index (κ3) is 2.45. The molecule has 4 nitrogen and oxygen atoms in total. The molecule has 1 aromatic rings. The third-order valence-electron chi connectivity index (χ3n) is 3.19. The average molecular weight is 243 g/mol. The maximum atomic E-state index is 12.5. The SMILES string of the molecule is Cn1ccnc(N2CCC(C(F)F)CC2)c1=O. The van der Waals surface area contributed by atoms with Crippen LogP contribution in [0.3, 0.4) is 0 Å². The Kier molecular flexibility index (Phi) is 3.40. The topological polar surface area (TPSA) is 38.1 Å². The number of aryl methyl sites for hydroxylation is 1. The van der Waals surface area contributed by atoms with Crippen LogP contribution in [0.1, 0.15) is 12.8 Å². The number of hydrogen-bond acceptors (Lipinski definition) is 3. The van der Waals surface area contributed by atoms with Crippen LogP contribution in [-0.4, -0.2) is 29.1 Å². The van der Waals surface area contributed by atoms with Gasteiger partial charge in [-0.25, -0.2) is 13.8 Å². The highest BCUT2D eigenvalue weighted by molar-refractivity contribution is 5.36. The van der Waals surface area contributed by atoms with E-state index in [1.165, 1.54) is 4.57 Å². The van der Waals surface area contributed by atoms with Gasteiger partial charge in [-0.2, -0.15) is 0 Å². The van der Waals surface area contributed by atoms with E-state index in [-0.39, 0.29) is 5.56 Å². The Balaban J connectivity index is 2.11. The fraction of sp³-hybridized carbons (Fsp3) is 0.636. The maximum absolute atomic E-state index is 12.5. The smallest absolute Gasteiger partial charge is 0.293 e. The molecule has 0 atom stereocenters. The normalized spacial score (nSPS) is 17.8. The van der Waals surface area contributed by atoms with Crippen LogP contribution in [0.2, 0.25) is 0 Å². The van der Waals surface area contributed by atoms with Crippen molar-refractivity contribution in [3.63, 3.8) is 0 Å². The number of aromatic nitrogens is 2. The lowest BCUT2D eigenvalue weighted by Crippen LogP contribution is -2.40. The predicted octanol–water partition coefficient (Wildman–Crippen LogP) is 1.26. The van der Waals surface area contributed by atoms with Crippen molar-refractivity contribution in [3.05, 3.63) is 22.7 Å². The lowest BCUT2D eigenvalue weighted by Gasteiger charge is -2.31. The Morgan fingerprint density at radius 3 is 2.65 bits per heavy atom. The van der Waals surface area contributed by atoms with Crippen LogP contribution in [0.25, 0.3) is 0 Å². The highest BCUT2D eigenvalue weighted by atomic mass is 19.3. The Labute approximate surface area is 97.9 Å². The van der Waals surface area contributed by atoms with Crippen LogP contribution in [0.4, 0.5) is 14.6 Å². The lowest BCUT2D eigenvalue weighted by atomic mass is 9.97. The second-order valence-corrected chi connectivity index (χ2v) is 4.33. The first-order valence-corrected chi connectivity index (χ1v) is 5.64. The second kappa shape index (κ2) is 4.81. The number of nitrogens with zero attached hydrogens (tertiary/aromatic N) is 3. The predicted molar refractivity (Wildman–Crippen MR) is 60.4 cm³/mol. The molecule has 0 aliphatic carbocycles. The van der Waals surface area contributed by atoms with Gasteiger partial charge in [0.2, 0.25) is 6.43 Å². The minimum Gasteiger partial charge on any atom is -0.352 e. The molecule has 1 aliphatic rings. The van der Waals surface area contributed by atoms with Gasteiger partial charge in [-0.3, -0.25) is 4.79 Å². The fourth-order valence-corrected chi connectivity index (χ4v) is 2.06. The van der Waals surface area contributed by atoms with Gasteiger partial charge in [0.25, 0.3) is 5.56 Å². The van der Waals surface area contributed by atoms with Crippen molar-refractivity contribution in [2.24, 2.45) is 13.0 Å². The summed E-state index contributed by atoms with van der Waals surface area (Å²) in [6, 6.07) is 0. The summed E-state index contributed by atoms with van der Waals surface area (Å²) in [6.07, 6.45) is 1.70. The van der Waals surface area contributed by atoms with Crippen molar-refractivity contribution in [2.75, 3.05) is 18.0 Å². The summed E-state index contributed by atoms with van der Waals surface area (Å²) >= 11 is 0. The standard InChI is InChI=1S/C11H15F2N3O/c1-15-7-4-14-10(11(15)17)16-5-2-8(3-6-16)9(12)13/h4,7-9H,2-3,5-6H2,1H3. The van der Waals surface area contributed by atoms with Crippen molar-refractivity contribution in [2.45, 2.75) is 19.3 Å². The highest BCUT2D eigenvalue weighted by Crippen LogP contribution is 2.24. The number of halogens is 2. The van der Waals surface area contributed by atoms with E-state index < -0.39 is 12.3 Å². The summed E-state index contributed by atoms with van der Waals surface area (Å²) < 4.78 is 26.4. The van der Waals surface area contributed by atoms with Gasteiger partial charge in [0.15, 0.2) is 5.82 Å². The molecule has 0 aromatic carbocycles. The van der Waals surface area contributed by atoms with Gasteiger partial charge >= 0.3 is 0 Å². The van der Waals surface area contributed by atoms with Gasteiger partial charge in [0.1, 0.15) is 0 Å². The molecular formula is C11H15F2N3O. The minimum absolute atomic E-state index is 0.178. The summed E-state index contributed by atoms with van der Waals surface area (Å²) in [5.74, 6) is -0.179. The molecule has 94 valence electrons. The molecule has 2 rings (SSSR count). The highest BCUT2D eigenvalue weighted by Gasteiger charge is 2.27. The molecule has 17 heavy (non-hydrogen) atoms. The molecular weight excluding hydrogens is 228 g/mol. The summed E-state index contributed by atoms with van der Waals surface area (Å²) in [6.45, 7) is 0.947. The van der Waals surface area contributed by atoms with Gasteiger partial charge in [-0.05, 0) is 12.8 Å². The fourth-order valence-electron chi connectivity index (χ4n) is 2.06. The quantitative estimate of drug-likeness (QED) is 0.785. The monoisotopic (exact) mass is 243 g/mol. The van der Waals surface area contributed by atoms with Gasteiger partial charge in [0, 0.05) is 38.4 Å². The van der Waals surface area contributed by atoms with E-state index in [0.29, 0.717) is 31.7 Å². The van der Waals surface area contributed by atoms with E-state index in [4.69, 9.17) is 0 Å². The van der Waals surface area contributed by atoms with E-state index in [0.717, 1.165) is 0 Å². The summed E-state index contributed by atoms with van der Waals surface area (Å²) in [4.78, 5) is 17.6. The first-order chi connectivity index (χ1) is 8.09. The zero-order valence-corrected chi connectivity index (χ0v) is 9.64. The molecule has 0 spiro atoms. The molecule has 0 unspecified atom stereocenters. The molecule has 1 saturated heterocycles. The average Bonchev–Trinajstić information content (AvgIpc) is 2.33. The van der Waals surface area contributed by atoms with Crippen molar-refractivity contribution >= 4 is 5.82 Å². The van der Waals surface area contributed by atoms with Crippen molar-refractivity contribution in [3.8, 4) is 0 Å². The van der Waals surface area contributed by atoms with E-state index in [1.807, 2.05) is 0 Å². The molecule has 0 amide bonds. The van der Waals surface area contributed by atoms with Crippen LogP contribution in [0.5, 0.6) is 0 Å². The van der Waals surface area contributed by atoms with Crippen LogP contribution < -0.4 is 10.5 Å². The van der Waals surface area contributed by atoms with Gasteiger partial charge in [-0.1, -0.05) is 0 Å². The Morgan fingerprint density at radius 2 is 2.06 bits per heavy atom. The summed E-state index contributed by atoms with van der Waals surface area (Å²) in [5.41, 5.74) is -0.178. The molecule has 0 N–H and O–H groups in total. The molecule has 0 bridgehead atoms. The molecule has 0 radical (unpaired) electrons. The van der Waals surface area contributed by atoms with E-state index in [1.54, 1.807) is 24.3 Å². The maximum Gasteiger partial charge on any atom is 0.293 e. The van der Waals surface area contributed by atoms with Crippen LogP contribution in [-0.2, 0) is 7.05 Å². The Morgan fingerprint density at radius 1 is 1.41 bits per heavy atom. The zero-order valence-electron chi connectivity index (χ0n) is 9.64. The van der Waals surface area contributed by atoms with Gasteiger partial charge in [-0.15, -0.1) is 0 Å². The van der Waals surface area contributed by atoms with Gasteiger partial charge < -0.3 is 9.47 Å². The summed E-state index contributed by atoms with van der Waals surface area (Å²) in [5, 5.41) is 0. The van der Waals surface area contributed by atoms with E-state index in [2.05, 4.69) is 4.98 Å². The van der Waals surface area contributed by atoms with Crippen LogP contribution in [0.15, 0.2) is 17.2 Å². The first-order valence-electron chi connectivity index (χ1n) is 5.64. The van der Waals surface area contributed by atoms with E-state index in [9.17, 15) is 13.6 Å². The van der Waals surface area contributed by atoms with Crippen LogP contribution >= 0.6 is 0 Å². The number of rotatable bonds is 2. The molecule has 1 fully saturated rings. The Hall–Kier alpha value is -1.46. The van der Waals surface area contributed by atoms with Crippen LogP contribution in [0, 0.1) is 5.92 Å². The summed E-state index contributed by atoms with van der Waals surface area (Å²) in [7, 11) is 1.65. The largest absolute Gasteiger partial charge is 0.352 e. The second-order valence-electron chi connectivity index (χ2n) is 4.33.